The summed E-state index contributed by atoms with van der Waals surface area (Å²) < 4.78 is 26.7. The molecule has 0 unspecified atom stereocenters. The van der Waals surface area contributed by atoms with Crippen LogP contribution in [-0.4, -0.2) is 21.5 Å². The molecular formula is C9H12N2O4S. The molecule has 1 aromatic carbocycles. The van der Waals surface area contributed by atoms with Gasteiger partial charge >= 0.3 is 5.97 Å². The summed E-state index contributed by atoms with van der Waals surface area (Å²) >= 11 is 0. The van der Waals surface area contributed by atoms with E-state index in [0.29, 0.717) is 11.1 Å². The van der Waals surface area contributed by atoms with Crippen LogP contribution in [0.4, 0.5) is 0 Å². The lowest BCUT2D eigenvalue weighted by molar-refractivity contribution is 0.0600. The summed E-state index contributed by atoms with van der Waals surface area (Å²) in [7, 11) is -2.22. The molecule has 0 saturated heterocycles. The summed E-state index contributed by atoms with van der Waals surface area (Å²) in [5, 5.41) is 0. The summed E-state index contributed by atoms with van der Waals surface area (Å²) in [4.78, 5) is 12.8. The Kier molecular flexibility index (Phi) is 3.99. The first-order chi connectivity index (χ1) is 7.48. The minimum absolute atomic E-state index is 0.231. The van der Waals surface area contributed by atoms with Crippen molar-refractivity contribution in [3.8, 4) is 0 Å². The smallest absolute Gasteiger partial charge is 0.337 e. The van der Waals surface area contributed by atoms with Gasteiger partial charge in [-0.2, -0.15) is 4.83 Å². The molecule has 3 N–H and O–H groups in total. The molecule has 0 amide bonds. The van der Waals surface area contributed by atoms with E-state index in [-0.39, 0.29) is 5.75 Å². The van der Waals surface area contributed by atoms with E-state index in [1.165, 1.54) is 31.4 Å². The van der Waals surface area contributed by atoms with Crippen molar-refractivity contribution in [2.45, 2.75) is 5.75 Å². The Hall–Kier alpha value is -1.44. The van der Waals surface area contributed by atoms with Gasteiger partial charge in [0.15, 0.2) is 0 Å². The number of nitrogens with one attached hydrogen (secondary N) is 1. The fourth-order valence-electron chi connectivity index (χ4n) is 1.12. The topological polar surface area (TPSA) is 98.5 Å². The number of carbonyl (C=O) groups is 1. The quantitative estimate of drug-likeness (QED) is 0.433. The molecule has 7 heteroatoms. The predicted molar refractivity (Wildman–Crippen MR) is 57.7 cm³/mol. The first kappa shape index (κ1) is 12.6. The number of hydrogen-bond acceptors (Lipinski definition) is 5. The molecule has 0 aliphatic rings. The molecule has 0 heterocycles. The number of carbonyl (C=O) groups excluding carboxylic acids is 1. The minimum Gasteiger partial charge on any atom is -0.465 e. The lowest BCUT2D eigenvalue weighted by Crippen LogP contribution is -2.31. The van der Waals surface area contributed by atoms with Crippen LogP contribution in [-0.2, 0) is 20.5 Å². The van der Waals surface area contributed by atoms with Crippen molar-refractivity contribution in [1.29, 1.82) is 0 Å². The Morgan fingerprint density at radius 1 is 1.38 bits per heavy atom. The van der Waals surface area contributed by atoms with Gasteiger partial charge in [0.05, 0.1) is 18.4 Å². The van der Waals surface area contributed by atoms with Crippen LogP contribution >= 0.6 is 0 Å². The molecule has 1 rings (SSSR count). The molecule has 0 aliphatic carbocycles. The van der Waals surface area contributed by atoms with Gasteiger partial charge in [-0.3, -0.25) is 5.84 Å². The van der Waals surface area contributed by atoms with Crippen LogP contribution in [0.2, 0.25) is 0 Å². The van der Waals surface area contributed by atoms with Crippen molar-refractivity contribution in [1.82, 2.24) is 4.83 Å². The lowest BCUT2D eigenvalue weighted by Gasteiger charge is -2.03. The lowest BCUT2D eigenvalue weighted by atomic mass is 10.1. The third-order valence-electron chi connectivity index (χ3n) is 1.91. The van der Waals surface area contributed by atoms with Crippen molar-refractivity contribution in [2.75, 3.05) is 7.11 Å². The molecule has 0 radical (unpaired) electrons. The number of benzene rings is 1. The number of nitrogens with two attached hydrogens (primary N) is 1. The second-order valence-corrected chi connectivity index (χ2v) is 4.82. The Bertz CT molecular complexity index is 467. The molecule has 1 aromatic rings. The van der Waals surface area contributed by atoms with E-state index in [9.17, 15) is 13.2 Å². The van der Waals surface area contributed by atoms with Gasteiger partial charge in [-0.25, -0.2) is 13.2 Å². The van der Waals surface area contributed by atoms with Crippen LogP contribution in [0.1, 0.15) is 15.9 Å². The van der Waals surface area contributed by atoms with Crippen LogP contribution in [0.3, 0.4) is 0 Å². The summed E-state index contributed by atoms with van der Waals surface area (Å²) in [5.41, 5.74) is 0.898. The molecule has 0 aliphatic heterocycles. The van der Waals surface area contributed by atoms with Crippen LogP contribution in [0.15, 0.2) is 24.3 Å². The van der Waals surface area contributed by atoms with Crippen molar-refractivity contribution in [3.63, 3.8) is 0 Å². The van der Waals surface area contributed by atoms with E-state index >= 15 is 0 Å². The number of sulfonamides is 1. The fraction of sp³-hybridized carbons (Fsp3) is 0.222. The first-order valence-electron chi connectivity index (χ1n) is 4.36. The van der Waals surface area contributed by atoms with Gasteiger partial charge in [0, 0.05) is 0 Å². The Morgan fingerprint density at radius 3 is 2.38 bits per heavy atom. The van der Waals surface area contributed by atoms with Gasteiger partial charge in [0.1, 0.15) is 0 Å². The molecule has 88 valence electrons. The van der Waals surface area contributed by atoms with Gasteiger partial charge < -0.3 is 4.74 Å². The number of hydrazine groups is 1. The van der Waals surface area contributed by atoms with E-state index in [4.69, 9.17) is 5.84 Å². The Balaban J connectivity index is 2.84. The summed E-state index contributed by atoms with van der Waals surface area (Å²) in [6.45, 7) is 0. The number of methoxy groups -OCH3 is 1. The highest BCUT2D eigenvalue weighted by Gasteiger charge is 2.10. The number of rotatable bonds is 4. The highest BCUT2D eigenvalue weighted by Crippen LogP contribution is 2.08. The van der Waals surface area contributed by atoms with E-state index in [1.54, 1.807) is 4.83 Å². The average Bonchev–Trinajstić information content (AvgIpc) is 2.28. The maximum atomic E-state index is 11.1. The zero-order valence-electron chi connectivity index (χ0n) is 8.64. The summed E-state index contributed by atoms with van der Waals surface area (Å²) in [5.74, 6) is 4.14. The van der Waals surface area contributed by atoms with Crippen molar-refractivity contribution < 1.29 is 17.9 Å². The molecule has 0 atom stereocenters. The standard InChI is InChI=1S/C9H12N2O4S/c1-15-9(12)8-4-2-7(3-5-8)6-16(13,14)11-10/h2-5,11H,6,10H2,1H3. The van der Waals surface area contributed by atoms with Gasteiger partial charge in [0.2, 0.25) is 10.0 Å². The maximum absolute atomic E-state index is 11.1. The van der Waals surface area contributed by atoms with Gasteiger partial charge in [-0.05, 0) is 17.7 Å². The first-order valence-corrected chi connectivity index (χ1v) is 6.01. The monoisotopic (exact) mass is 244 g/mol. The molecule has 16 heavy (non-hydrogen) atoms. The molecule has 6 nitrogen and oxygen atoms in total. The molecular weight excluding hydrogens is 232 g/mol. The van der Waals surface area contributed by atoms with Crippen LogP contribution in [0.5, 0.6) is 0 Å². The van der Waals surface area contributed by atoms with Gasteiger partial charge in [0.25, 0.3) is 0 Å². The summed E-state index contributed by atoms with van der Waals surface area (Å²) in [6, 6.07) is 6.04. The average molecular weight is 244 g/mol. The van der Waals surface area contributed by atoms with E-state index in [1.807, 2.05) is 0 Å². The van der Waals surface area contributed by atoms with Crippen molar-refractivity contribution >= 4 is 16.0 Å². The summed E-state index contributed by atoms with van der Waals surface area (Å²) in [6.07, 6.45) is 0. The number of esters is 1. The molecule has 0 fully saturated rings. The number of hydrogen-bond donors (Lipinski definition) is 2. The third kappa shape index (κ3) is 3.30. The molecule has 0 aromatic heterocycles. The Morgan fingerprint density at radius 2 is 1.94 bits per heavy atom. The largest absolute Gasteiger partial charge is 0.465 e. The van der Waals surface area contributed by atoms with E-state index in [2.05, 4.69) is 4.74 Å². The van der Waals surface area contributed by atoms with Crippen LogP contribution in [0.25, 0.3) is 0 Å². The van der Waals surface area contributed by atoms with E-state index in [0.717, 1.165) is 0 Å². The number of ether oxygens (including phenoxy) is 1. The van der Waals surface area contributed by atoms with Crippen molar-refractivity contribution in [3.05, 3.63) is 35.4 Å². The predicted octanol–water partition coefficient (Wildman–Crippen LogP) is -0.234. The maximum Gasteiger partial charge on any atom is 0.337 e. The normalized spacial score (nSPS) is 11.1. The second kappa shape index (κ2) is 5.06. The minimum atomic E-state index is -3.50. The zero-order valence-corrected chi connectivity index (χ0v) is 9.45. The molecule has 0 spiro atoms. The zero-order chi connectivity index (χ0) is 12.2. The van der Waals surface area contributed by atoms with Gasteiger partial charge in [-0.15, -0.1) is 0 Å². The third-order valence-corrected chi connectivity index (χ3v) is 2.98. The van der Waals surface area contributed by atoms with Crippen LogP contribution in [0, 0.1) is 0 Å². The van der Waals surface area contributed by atoms with E-state index < -0.39 is 16.0 Å². The Labute approximate surface area is 93.4 Å². The SMILES string of the molecule is COC(=O)c1ccc(CS(=O)(=O)NN)cc1. The molecule has 0 bridgehead atoms. The molecule has 0 saturated carbocycles. The second-order valence-electron chi connectivity index (χ2n) is 3.07. The highest BCUT2D eigenvalue weighted by molar-refractivity contribution is 7.88. The van der Waals surface area contributed by atoms with Crippen molar-refractivity contribution in [2.24, 2.45) is 5.84 Å². The fourth-order valence-corrected chi connectivity index (χ4v) is 1.83. The van der Waals surface area contributed by atoms with Crippen LogP contribution < -0.4 is 10.7 Å². The highest BCUT2D eigenvalue weighted by atomic mass is 32.2. The van der Waals surface area contributed by atoms with Gasteiger partial charge in [-0.1, -0.05) is 12.1 Å².